The number of fused-ring (bicyclic) bond motifs is 1. The van der Waals surface area contributed by atoms with E-state index >= 15 is 0 Å². The highest BCUT2D eigenvalue weighted by Crippen LogP contribution is 2.46. The zero-order valence-electron chi connectivity index (χ0n) is 15.8. The lowest BCUT2D eigenvalue weighted by molar-refractivity contribution is 0.0237. The topological polar surface area (TPSA) is 84.9 Å². The molecule has 0 radical (unpaired) electrons. The number of ketones is 1. The molecule has 0 heterocycles. The minimum absolute atomic E-state index is 0.372. The van der Waals surface area contributed by atoms with Gasteiger partial charge in [-0.05, 0) is 44.0 Å². The first kappa shape index (κ1) is 18.9. The van der Waals surface area contributed by atoms with E-state index in [1.54, 1.807) is 69.3 Å². The molecular formula is C21H23NO5. The van der Waals surface area contributed by atoms with Crippen molar-refractivity contribution in [1.29, 1.82) is 0 Å². The van der Waals surface area contributed by atoms with Gasteiger partial charge < -0.3 is 19.9 Å². The van der Waals surface area contributed by atoms with Gasteiger partial charge in [-0.15, -0.1) is 0 Å². The van der Waals surface area contributed by atoms with Crippen molar-refractivity contribution in [2.75, 3.05) is 7.11 Å². The molecule has 1 aliphatic rings. The molecule has 3 rings (SSSR count). The Morgan fingerprint density at radius 1 is 1.11 bits per heavy atom. The lowest BCUT2D eigenvalue weighted by Crippen LogP contribution is -2.53. The molecule has 1 aliphatic carbocycles. The Balaban J connectivity index is 2.10. The fourth-order valence-corrected chi connectivity index (χ4v) is 3.32. The van der Waals surface area contributed by atoms with Crippen molar-refractivity contribution < 1.29 is 24.2 Å². The molecule has 0 saturated carbocycles. The fourth-order valence-electron chi connectivity index (χ4n) is 3.32. The van der Waals surface area contributed by atoms with Gasteiger partial charge in [-0.25, -0.2) is 4.79 Å². The SMILES string of the molecule is COc1ccc([C@@]2(NC(=O)OC(C)(C)C)C(=O)c3ccccc3[C@@H]2O)cc1. The number of hydrogen-bond donors (Lipinski definition) is 2. The molecule has 0 aliphatic heterocycles. The van der Waals surface area contributed by atoms with Crippen LogP contribution in [0, 0.1) is 0 Å². The molecule has 2 aromatic rings. The van der Waals surface area contributed by atoms with E-state index < -0.39 is 23.3 Å². The molecule has 1 amide bonds. The van der Waals surface area contributed by atoms with Crippen LogP contribution in [0.4, 0.5) is 4.79 Å². The molecule has 2 atom stereocenters. The molecule has 0 aromatic heterocycles. The van der Waals surface area contributed by atoms with Crippen LogP contribution in [-0.2, 0) is 10.3 Å². The molecular weight excluding hydrogens is 346 g/mol. The molecule has 142 valence electrons. The Morgan fingerprint density at radius 3 is 2.30 bits per heavy atom. The van der Waals surface area contributed by atoms with Crippen molar-refractivity contribution in [1.82, 2.24) is 5.32 Å². The maximum atomic E-state index is 13.3. The van der Waals surface area contributed by atoms with Gasteiger partial charge in [0.15, 0.2) is 11.3 Å². The highest BCUT2D eigenvalue weighted by Gasteiger charge is 2.55. The molecule has 6 nitrogen and oxygen atoms in total. The summed E-state index contributed by atoms with van der Waals surface area (Å²) in [5.41, 5.74) is -1.13. The molecule has 2 N–H and O–H groups in total. The summed E-state index contributed by atoms with van der Waals surface area (Å²) in [6.07, 6.45) is -2.03. The third-order valence-corrected chi connectivity index (χ3v) is 4.51. The third-order valence-electron chi connectivity index (χ3n) is 4.51. The summed E-state index contributed by atoms with van der Waals surface area (Å²) >= 11 is 0. The van der Waals surface area contributed by atoms with Crippen LogP contribution in [0.2, 0.25) is 0 Å². The van der Waals surface area contributed by atoms with Gasteiger partial charge in [0.05, 0.1) is 7.11 Å². The summed E-state index contributed by atoms with van der Waals surface area (Å²) in [6.45, 7) is 5.19. The number of benzene rings is 2. The number of alkyl carbamates (subject to hydrolysis) is 1. The normalized spacial score (nSPS) is 21.5. The Bertz CT molecular complexity index is 869. The number of carbonyl (C=O) groups is 2. The van der Waals surface area contributed by atoms with Gasteiger partial charge in [0, 0.05) is 5.56 Å². The third kappa shape index (κ3) is 3.28. The van der Waals surface area contributed by atoms with Crippen molar-refractivity contribution in [2.45, 2.75) is 38.0 Å². The molecule has 0 fully saturated rings. The predicted molar refractivity (Wildman–Crippen MR) is 99.8 cm³/mol. The van der Waals surface area contributed by atoms with Crippen LogP contribution in [0.3, 0.4) is 0 Å². The van der Waals surface area contributed by atoms with Crippen molar-refractivity contribution in [3.63, 3.8) is 0 Å². The largest absolute Gasteiger partial charge is 0.497 e. The van der Waals surface area contributed by atoms with Crippen LogP contribution in [0.5, 0.6) is 5.75 Å². The highest BCUT2D eigenvalue weighted by molar-refractivity contribution is 6.10. The van der Waals surface area contributed by atoms with Crippen LogP contribution in [0.25, 0.3) is 0 Å². The van der Waals surface area contributed by atoms with Crippen LogP contribution in [0.1, 0.15) is 48.4 Å². The van der Waals surface area contributed by atoms with E-state index in [0.717, 1.165) is 0 Å². The molecule has 6 heteroatoms. The second-order valence-electron chi connectivity index (χ2n) is 7.48. The average molecular weight is 369 g/mol. The number of Topliss-reactive ketones (excluding diaryl/α,β-unsaturated/α-hetero) is 1. The Kier molecular flexibility index (Phi) is 4.70. The second kappa shape index (κ2) is 6.70. The number of ether oxygens (including phenoxy) is 2. The van der Waals surface area contributed by atoms with Gasteiger partial charge in [0.1, 0.15) is 17.5 Å². The Morgan fingerprint density at radius 2 is 1.74 bits per heavy atom. The molecule has 0 unspecified atom stereocenters. The number of aliphatic hydroxyl groups excluding tert-OH is 1. The van der Waals surface area contributed by atoms with E-state index in [1.165, 1.54) is 7.11 Å². The maximum Gasteiger partial charge on any atom is 0.408 e. The zero-order chi connectivity index (χ0) is 19.8. The van der Waals surface area contributed by atoms with E-state index in [1.807, 2.05) is 0 Å². The van der Waals surface area contributed by atoms with Crippen molar-refractivity contribution in [3.8, 4) is 5.75 Å². The average Bonchev–Trinajstić information content (AvgIpc) is 2.83. The molecule has 27 heavy (non-hydrogen) atoms. The first-order valence-corrected chi connectivity index (χ1v) is 8.66. The minimum atomic E-state index is -1.67. The van der Waals surface area contributed by atoms with E-state index in [2.05, 4.69) is 5.32 Å². The van der Waals surface area contributed by atoms with Gasteiger partial charge in [-0.3, -0.25) is 4.79 Å². The number of rotatable bonds is 3. The minimum Gasteiger partial charge on any atom is -0.497 e. The monoisotopic (exact) mass is 369 g/mol. The van der Waals surface area contributed by atoms with Crippen LogP contribution in [0.15, 0.2) is 48.5 Å². The van der Waals surface area contributed by atoms with Gasteiger partial charge in [-0.1, -0.05) is 36.4 Å². The summed E-state index contributed by atoms with van der Waals surface area (Å²) in [7, 11) is 1.54. The van der Waals surface area contributed by atoms with E-state index in [-0.39, 0.29) is 5.78 Å². The molecule has 0 spiro atoms. The summed E-state index contributed by atoms with van der Waals surface area (Å²) in [4.78, 5) is 25.9. The van der Waals surface area contributed by atoms with Crippen LogP contribution in [-0.4, -0.2) is 29.7 Å². The maximum absolute atomic E-state index is 13.3. The number of carbonyl (C=O) groups excluding carboxylic acids is 2. The van der Waals surface area contributed by atoms with Crippen molar-refractivity contribution >= 4 is 11.9 Å². The highest BCUT2D eigenvalue weighted by atomic mass is 16.6. The lowest BCUT2D eigenvalue weighted by Gasteiger charge is -2.34. The van der Waals surface area contributed by atoms with E-state index in [9.17, 15) is 14.7 Å². The fraction of sp³-hybridized carbons (Fsp3) is 0.333. The Hall–Kier alpha value is -2.86. The van der Waals surface area contributed by atoms with Gasteiger partial charge >= 0.3 is 6.09 Å². The van der Waals surface area contributed by atoms with Gasteiger partial charge in [0.25, 0.3) is 0 Å². The van der Waals surface area contributed by atoms with Crippen LogP contribution < -0.4 is 10.1 Å². The summed E-state index contributed by atoms with van der Waals surface area (Å²) in [5.74, 6) is 0.213. The van der Waals surface area contributed by atoms with E-state index in [4.69, 9.17) is 9.47 Å². The first-order chi connectivity index (χ1) is 12.7. The number of hydrogen-bond acceptors (Lipinski definition) is 5. The summed E-state index contributed by atoms with van der Waals surface area (Å²) in [6, 6.07) is 13.5. The second-order valence-corrected chi connectivity index (χ2v) is 7.48. The quantitative estimate of drug-likeness (QED) is 0.867. The first-order valence-electron chi connectivity index (χ1n) is 8.66. The number of amides is 1. The smallest absolute Gasteiger partial charge is 0.408 e. The van der Waals surface area contributed by atoms with Crippen LogP contribution >= 0.6 is 0 Å². The number of aliphatic hydroxyl groups is 1. The standard InChI is InChI=1S/C21H23NO5/c1-20(2,3)27-19(25)22-21(13-9-11-14(26-4)12-10-13)17(23)15-7-5-6-8-16(15)18(21)24/h5-12,17,23H,1-4H3,(H,22,25)/t17-,21-/m0/s1. The van der Waals surface area contributed by atoms with E-state index in [0.29, 0.717) is 22.4 Å². The van der Waals surface area contributed by atoms with Gasteiger partial charge in [0.2, 0.25) is 0 Å². The van der Waals surface area contributed by atoms with Crippen molar-refractivity contribution in [3.05, 3.63) is 65.2 Å². The van der Waals surface area contributed by atoms with Gasteiger partial charge in [-0.2, -0.15) is 0 Å². The molecule has 0 bridgehead atoms. The number of methoxy groups -OCH3 is 1. The number of nitrogens with one attached hydrogen (secondary N) is 1. The molecule has 0 saturated heterocycles. The summed E-state index contributed by atoms with van der Waals surface area (Å²) in [5, 5.41) is 13.7. The Labute approximate surface area is 158 Å². The predicted octanol–water partition coefficient (Wildman–Crippen LogP) is 3.35. The summed E-state index contributed by atoms with van der Waals surface area (Å²) < 4.78 is 10.5. The van der Waals surface area contributed by atoms with Crippen molar-refractivity contribution in [2.24, 2.45) is 0 Å². The molecule has 2 aromatic carbocycles. The zero-order valence-corrected chi connectivity index (χ0v) is 15.8. The lowest BCUT2D eigenvalue weighted by atomic mass is 9.84.